The summed E-state index contributed by atoms with van der Waals surface area (Å²) in [4.78, 5) is 10.6. The minimum Gasteiger partial charge on any atom is -0.490 e. The number of carboxylic acid groups (broad SMARTS) is 1. The molecule has 4 nitrogen and oxygen atoms in total. The fraction of sp³-hybridized carbons (Fsp3) is 0.167. The molecule has 0 heterocycles. The fourth-order valence-corrected chi connectivity index (χ4v) is 2.19. The van der Waals surface area contributed by atoms with Crippen LogP contribution >= 0.6 is 15.9 Å². The third-order valence-corrected chi connectivity index (χ3v) is 3.52. The Morgan fingerprint density at radius 3 is 2.52 bits per heavy atom. The van der Waals surface area contributed by atoms with Crippen molar-refractivity contribution in [2.45, 2.75) is 13.5 Å². The van der Waals surface area contributed by atoms with Crippen molar-refractivity contribution in [1.29, 1.82) is 0 Å². The lowest BCUT2D eigenvalue weighted by Gasteiger charge is -2.12. The average Bonchev–Trinajstić information content (AvgIpc) is 2.54. The summed E-state index contributed by atoms with van der Waals surface area (Å²) < 4.78 is 12.4. The Balaban J connectivity index is 2.13. The minimum absolute atomic E-state index is 0.428. The molecule has 5 heteroatoms. The molecule has 2 rings (SSSR count). The van der Waals surface area contributed by atoms with Crippen LogP contribution in [0.4, 0.5) is 0 Å². The molecule has 0 saturated heterocycles. The number of hydrogen-bond acceptors (Lipinski definition) is 3. The molecular weight excluding hydrogens is 360 g/mol. The summed E-state index contributed by atoms with van der Waals surface area (Å²) >= 11 is 3.40. The van der Waals surface area contributed by atoms with Gasteiger partial charge in [0.2, 0.25) is 0 Å². The van der Waals surface area contributed by atoms with Gasteiger partial charge in [-0.25, -0.2) is 4.79 Å². The van der Waals surface area contributed by atoms with Crippen LogP contribution < -0.4 is 9.47 Å². The summed E-state index contributed by atoms with van der Waals surface area (Å²) in [7, 11) is 0. The van der Waals surface area contributed by atoms with Crippen molar-refractivity contribution >= 4 is 28.0 Å². The first kappa shape index (κ1) is 17.1. The molecule has 0 fully saturated rings. The van der Waals surface area contributed by atoms with Crippen molar-refractivity contribution < 1.29 is 19.4 Å². The summed E-state index contributed by atoms with van der Waals surface area (Å²) in [6, 6.07) is 13.2. The van der Waals surface area contributed by atoms with E-state index in [1.165, 1.54) is 6.08 Å². The summed E-state index contributed by atoms with van der Waals surface area (Å²) in [6.45, 7) is 2.82. The minimum atomic E-state index is -0.987. The molecule has 0 aliphatic rings. The van der Waals surface area contributed by atoms with Crippen molar-refractivity contribution in [2.24, 2.45) is 0 Å². The molecule has 0 unspecified atom stereocenters. The lowest BCUT2D eigenvalue weighted by atomic mass is 10.2. The predicted molar refractivity (Wildman–Crippen MR) is 92.8 cm³/mol. The van der Waals surface area contributed by atoms with E-state index in [0.29, 0.717) is 24.7 Å². The van der Waals surface area contributed by atoms with Gasteiger partial charge in [0.15, 0.2) is 11.5 Å². The zero-order chi connectivity index (χ0) is 16.7. The lowest BCUT2D eigenvalue weighted by Crippen LogP contribution is -2.00. The number of halogens is 1. The van der Waals surface area contributed by atoms with E-state index < -0.39 is 5.97 Å². The number of carboxylic acids is 1. The molecule has 0 amide bonds. The maximum Gasteiger partial charge on any atom is 0.328 e. The monoisotopic (exact) mass is 376 g/mol. The molecule has 1 N–H and O–H groups in total. The van der Waals surface area contributed by atoms with E-state index in [0.717, 1.165) is 21.7 Å². The predicted octanol–water partition coefficient (Wildman–Crippen LogP) is 4.52. The van der Waals surface area contributed by atoms with Crippen molar-refractivity contribution in [1.82, 2.24) is 0 Å². The second-order valence-corrected chi connectivity index (χ2v) is 5.64. The van der Waals surface area contributed by atoms with Gasteiger partial charge in [-0.15, -0.1) is 0 Å². The van der Waals surface area contributed by atoms with Crippen LogP contribution in [0.1, 0.15) is 18.1 Å². The third kappa shape index (κ3) is 5.45. The molecule has 0 radical (unpaired) electrons. The number of benzene rings is 2. The molecule has 0 saturated carbocycles. The van der Waals surface area contributed by atoms with E-state index in [2.05, 4.69) is 15.9 Å². The van der Waals surface area contributed by atoms with E-state index in [-0.39, 0.29) is 0 Å². The Labute approximate surface area is 143 Å². The highest BCUT2D eigenvalue weighted by molar-refractivity contribution is 9.10. The quantitative estimate of drug-likeness (QED) is 0.721. The Hall–Kier alpha value is -2.27. The molecule has 0 aliphatic carbocycles. The summed E-state index contributed by atoms with van der Waals surface area (Å²) in [6.07, 6.45) is 2.61. The summed E-state index contributed by atoms with van der Waals surface area (Å²) in [5, 5.41) is 8.69. The van der Waals surface area contributed by atoms with Gasteiger partial charge in [0.05, 0.1) is 6.61 Å². The van der Waals surface area contributed by atoms with Gasteiger partial charge in [-0.3, -0.25) is 0 Å². The number of carbonyl (C=O) groups is 1. The molecule has 0 aliphatic heterocycles. The second-order valence-electron chi connectivity index (χ2n) is 4.73. The van der Waals surface area contributed by atoms with Crippen LogP contribution in [0.3, 0.4) is 0 Å². The fourth-order valence-electron chi connectivity index (χ4n) is 1.93. The first-order chi connectivity index (χ1) is 11.1. The molecule has 2 aromatic carbocycles. The van der Waals surface area contributed by atoms with Crippen molar-refractivity contribution in [3.05, 3.63) is 64.1 Å². The average molecular weight is 377 g/mol. The molecular formula is C18H17BrO4. The largest absolute Gasteiger partial charge is 0.490 e. The number of hydrogen-bond donors (Lipinski definition) is 1. The lowest BCUT2D eigenvalue weighted by molar-refractivity contribution is -0.131. The molecule has 0 aromatic heterocycles. The smallest absolute Gasteiger partial charge is 0.328 e. The molecule has 0 atom stereocenters. The molecule has 120 valence electrons. The molecule has 0 bridgehead atoms. The first-order valence-corrected chi connectivity index (χ1v) is 7.93. The van der Waals surface area contributed by atoms with Crippen LogP contribution in [0, 0.1) is 0 Å². The zero-order valence-corrected chi connectivity index (χ0v) is 14.2. The SMILES string of the molecule is CCOc1cc(C=CC(=O)O)ccc1OCc1ccc(Br)cc1. The van der Waals surface area contributed by atoms with Gasteiger partial charge in [0.1, 0.15) is 6.61 Å². The highest BCUT2D eigenvalue weighted by Crippen LogP contribution is 2.30. The number of ether oxygens (including phenoxy) is 2. The van der Waals surface area contributed by atoms with Gasteiger partial charge in [-0.2, -0.15) is 0 Å². The van der Waals surface area contributed by atoms with E-state index in [1.54, 1.807) is 18.2 Å². The maximum atomic E-state index is 10.6. The van der Waals surface area contributed by atoms with Crippen molar-refractivity contribution in [2.75, 3.05) is 6.61 Å². The van der Waals surface area contributed by atoms with Crippen molar-refractivity contribution in [3.8, 4) is 11.5 Å². The van der Waals surface area contributed by atoms with Crippen molar-refractivity contribution in [3.63, 3.8) is 0 Å². The molecule has 23 heavy (non-hydrogen) atoms. The zero-order valence-electron chi connectivity index (χ0n) is 12.7. The highest BCUT2D eigenvalue weighted by Gasteiger charge is 2.06. The van der Waals surface area contributed by atoms with Gasteiger partial charge in [-0.1, -0.05) is 34.1 Å². The van der Waals surface area contributed by atoms with Gasteiger partial charge in [0.25, 0.3) is 0 Å². The van der Waals surface area contributed by atoms with Crippen LogP contribution in [0.25, 0.3) is 6.08 Å². The van der Waals surface area contributed by atoms with E-state index in [4.69, 9.17) is 14.6 Å². The Morgan fingerprint density at radius 2 is 1.87 bits per heavy atom. The van der Waals surface area contributed by atoms with Crippen LogP contribution in [-0.2, 0) is 11.4 Å². The Bertz CT molecular complexity index is 693. The van der Waals surface area contributed by atoms with E-state index in [1.807, 2.05) is 31.2 Å². The van der Waals surface area contributed by atoms with Gasteiger partial charge >= 0.3 is 5.97 Å². The van der Waals surface area contributed by atoms with E-state index >= 15 is 0 Å². The summed E-state index contributed by atoms with van der Waals surface area (Å²) in [5.41, 5.74) is 1.79. The molecule has 2 aromatic rings. The standard InChI is InChI=1S/C18H17BrO4/c1-2-22-17-11-13(6-10-18(20)21)5-9-16(17)23-12-14-3-7-15(19)8-4-14/h3-11H,2,12H2,1H3,(H,20,21). The Kier molecular flexibility index (Phi) is 6.23. The second kappa shape index (κ2) is 8.39. The number of rotatable bonds is 7. The first-order valence-electron chi connectivity index (χ1n) is 7.13. The van der Waals surface area contributed by atoms with Crippen LogP contribution in [0.5, 0.6) is 11.5 Å². The topological polar surface area (TPSA) is 55.8 Å². The third-order valence-electron chi connectivity index (χ3n) is 2.99. The van der Waals surface area contributed by atoms with Crippen LogP contribution in [0.2, 0.25) is 0 Å². The number of aliphatic carboxylic acids is 1. The Morgan fingerprint density at radius 1 is 1.13 bits per heavy atom. The summed E-state index contributed by atoms with van der Waals surface area (Å²) in [5.74, 6) is 0.234. The normalized spacial score (nSPS) is 10.7. The van der Waals surface area contributed by atoms with Crippen LogP contribution in [-0.4, -0.2) is 17.7 Å². The maximum absolute atomic E-state index is 10.6. The van der Waals surface area contributed by atoms with E-state index in [9.17, 15) is 4.79 Å². The molecule has 0 spiro atoms. The van der Waals surface area contributed by atoms with Gasteiger partial charge < -0.3 is 14.6 Å². The van der Waals surface area contributed by atoms with Crippen LogP contribution in [0.15, 0.2) is 53.0 Å². The highest BCUT2D eigenvalue weighted by atomic mass is 79.9. The van der Waals surface area contributed by atoms with Gasteiger partial charge in [0, 0.05) is 10.5 Å². The van der Waals surface area contributed by atoms with Gasteiger partial charge in [-0.05, 0) is 48.4 Å².